The number of carbonyl (C=O) groups is 2. The largest absolute Gasteiger partial charge is 0.477 e. The number of hydrogen-bond acceptors (Lipinski definition) is 3. The lowest BCUT2D eigenvalue weighted by Gasteiger charge is -2.38. The van der Waals surface area contributed by atoms with Crippen molar-refractivity contribution in [3.05, 3.63) is 11.1 Å². The van der Waals surface area contributed by atoms with Gasteiger partial charge in [-0.05, 0) is 0 Å². The minimum Gasteiger partial charge on any atom is -0.477 e. The average molecular weight is 206 g/mol. The van der Waals surface area contributed by atoms with Gasteiger partial charge in [-0.2, -0.15) is 0 Å². The van der Waals surface area contributed by atoms with Crippen molar-refractivity contribution in [2.45, 2.75) is 10.8 Å². The Hall–Kier alpha value is -0.680. The molecule has 1 N–H and O–H groups in total. The molecule has 0 radical (unpaired) electrons. The van der Waals surface area contributed by atoms with Crippen molar-refractivity contribution in [2.24, 2.45) is 0 Å². The van der Waals surface area contributed by atoms with Crippen LogP contribution >= 0.6 is 23.4 Å². The lowest BCUT2D eigenvalue weighted by Crippen LogP contribution is -2.58. The van der Waals surface area contributed by atoms with Crippen LogP contribution < -0.4 is 0 Å². The van der Waals surface area contributed by atoms with Gasteiger partial charge in [-0.1, -0.05) is 0 Å². The molecule has 64 valence electrons. The summed E-state index contributed by atoms with van der Waals surface area (Å²) in [5.74, 6) is -1.40. The van der Waals surface area contributed by atoms with Crippen LogP contribution in [0.3, 0.4) is 0 Å². The Bertz CT molecular complexity index is 303. The zero-order valence-corrected chi connectivity index (χ0v) is 7.30. The molecular formula is C6H4ClNO3S. The summed E-state index contributed by atoms with van der Waals surface area (Å²) in [5, 5.41) is 9.30. The van der Waals surface area contributed by atoms with Crippen molar-refractivity contribution in [2.75, 3.05) is 0 Å². The van der Waals surface area contributed by atoms with E-state index in [-0.39, 0.29) is 17.0 Å². The van der Waals surface area contributed by atoms with Gasteiger partial charge in [-0.25, -0.2) is 4.79 Å². The summed E-state index contributed by atoms with van der Waals surface area (Å²) in [6.07, 6.45) is 0. The first kappa shape index (κ1) is 7.94. The highest BCUT2D eigenvalue weighted by molar-refractivity contribution is 8.03. The summed E-state index contributed by atoms with van der Waals surface area (Å²) in [6, 6.07) is 0. The fourth-order valence-corrected chi connectivity index (χ4v) is 2.63. The zero-order chi connectivity index (χ0) is 8.88. The van der Waals surface area contributed by atoms with Gasteiger partial charge in [0.1, 0.15) is 16.4 Å². The summed E-state index contributed by atoms with van der Waals surface area (Å²) in [6.45, 7) is 0. The molecule has 1 unspecified atom stereocenters. The summed E-state index contributed by atoms with van der Waals surface area (Å²) in [4.78, 5) is 22.8. The molecule has 2 aliphatic heterocycles. The predicted octanol–water partition coefficient (Wildman–Crippen LogP) is 0.435. The molecule has 12 heavy (non-hydrogen) atoms. The minimum absolute atomic E-state index is 0.0342. The van der Waals surface area contributed by atoms with Gasteiger partial charge in [0, 0.05) is 5.41 Å². The molecule has 0 aromatic carbocycles. The highest BCUT2D eigenvalue weighted by atomic mass is 35.5. The van der Waals surface area contributed by atoms with Crippen molar-refractivity contribution >= 4 is 35.2 Å². The van der Waals surface area contributed by atoms with Gasteiger partial charge in [0.25, 0.3) is 0 Å². The SMILES string of the molecule is O=C(O)C1=CS[C@@H]2C(Cl)C(=O)N12. The van der Waals surface area contributed by atoms with Crippen LogP contribution in [0.25, 0.3) is 0 Å². The number of hydrogen-bond donors (Lipinski definition) is 1. The smallest absolute Gasteiger partial charge is 0.353 e. The van der Waals surface area contributed by atoms with Crippen molar-refractivity contribution in [3.63, 3.8) is 0 Å². The molecule has 2 heterocycles. The van der Waals surface area contributed by atoms with Crippen LogP contribution in [0.2, 0.25) is 0 Å². The number of β-lactam (4-membered cyclic amide) rings is 1. The second-order valence-corrected chi connectivity index (χ2v) is 3.91. The standard InChI is InChI=1S/C6H4ClNO3S/c7-3-4(9)8-2(6(10)11)1-12-5(3)8/h1,3,5H,(H,10,11)/t3?,5-/m1/s1. The van der Waals surface area contributed by atoms with Crippen LogP contribution in [0, 0.1) is 0 Å². The molecule has 0 bridgehead atoms. The van der Waals surface area contributed by atoms with Gasteiger partial charge in [-0.15, -0.1) is 23.4 Å². The van der Waals surface area contributed by atoms with Gasteiger partial charge in [0.2, 0.25) is 5.91 Å². The van der Waals surface area contributed by atoms with Crippen LogP contribution in [0.15, 0.2) is 11.1 Å². The maximum absolute atomic E-state index is 11.0. The highest BCUT2D eigenvalue weighted by Gasteiger charge is 2.52. The second kappa shape index (κ2) is 2.40. The van der Waals surface area contributed by atoms with E-state index in [2.05, 4.69) is 0 Å². The summed E-state index contributed by atoms with van der Waals surface area (Å²) >= 11 is 6.90. The molecule has 2 atom stereocenters. The summed E-state index contributed by atoms with van der Waals surface area (Å²) in [7, 11) is 0. The Labute approximate surface area is 77.2 Å². The fourth-order valence-electron chi connectivity index (χ4n) is 1.16. The average Bonchev–Trinajstić information content (AvgIpc) is 2.43. The predicted molar refractivity (Wildman–Crippen MR) is 43.6 cm³/mol. The number of halogens is 1. The van der Waals surface area contributed by atoms with Crippen molar-refractivity contribution in [1.82, 2.24) is 4.90 Å². The lowest BCUT2D eigenvalue weighted by atomic mass is 10.2. The van der Waals surface area contributed by atoms with E-state index in [1.165, 1.54) is 22.1 Å². The number of carboxylic acid groups (broad SMARTS) is 1. The Morgan fingerprint density at radius 3 is 3.00 bits per heavy atom. The van der Waals surface area contributed by atoms with E-state index in [4.69, 9.17) is 16.7 Å². The van der Waals surface area contributed by atoms with Gasteiger partial charge in [-0.3, -0.25) is 9.69 Å². The number of nitrogens with zero attached hydrogens (tertiary/aromatic N) is 1. The zero-order valence-electron chi connectivity index (χ0n) is 5.73. The molecule has 2 aliphatic rings. The number of fused-ring (bicyclic) bond motifs is 1. The summed E-state index contributed by atoms with van der Waals surface area (Å²) < 4.78 is 0. The molecule has 0 saturated carbocycles. The van der Waals surface area contributed by atoms with Gasteiger partial charge in [0.05, 0.1) is 0 Å². The van der Waals surface area contributed by atoms with Crippen LogP contribution in [-0.4, -0.2) is 32.6 Å². The topological polar surface area (TPSA) is 57.6 Å². The normalized spacial score (nSPS) is 32.6. The summed E-state index contributed by atoms with van der Waals surface area (Å²) in [5.41, 5.74) is 0.0342. The molecule has 2 rings (SSSR count). The van der Waals surface area contributed by atoms with Crippen molar-refractivity contribution in [1.29, 1.82) is 0 Å². The van der Waals surface area contributed by atoms with E-state index >= 15 is 0 Å². The number of carboxylic acids is 1. The van der Waals surface area contributed by atoms with Gasteiger partial charge >= 0.3 is 5.97 Å². The Balaban J connectivity index is 2.23. The third-order valence-corrected chi connectivity index (χ3v) is 3.47. The molecule has 0 spiro atoms. The minimum atomic E-state index is -1.08. The molecule has 1 saturated heterocycles. The van der Waals surface area contributed by atoms with Crippen LogP contribution in [0.1, 0.15) is 0 Å². The quantitative estimate of drug-likeness (QED) is 0.499. The molecule has 1 fully saturated rings. The van der Waals surface area contributed by atoms with E-state index < -0.39 is 11.3 Å². The molecule has 0 aliphatic carbocycles. The number of rotatable bonds is 1. The van der Waals surface area contributed by atoms with Crippen molar-refractivity contribution < 1.29 is 14.7 Å². The maximum Gasteiger partial charge on any atom is 0.353 e. The number of carbonyl (C=O) groups excluding carboxylic acids is 1. The van der Waals surface area contributed by atoms with E-state index in [0.717, 1.165) is 0 Å². The first-order valence-electron chi connectivity index (χ1n) is 3.19. The monoisotopic (exact) mass is 205 g/mol. The highest BCUT2D eigenvalue weighted by Crippen LogP contribution is 2.43. The lowest BCUT2D eigenvalue weighted by molar-refractivity contribution is -0.144. The molecule has 6 heteroatoms. The number of alkyl halides is 1. The van der Waals surface area contributed by atoms with Gasteiger partial charge < -0.3 is 5.11 Å². The van der Waals surface area contributed by atoms with Crippen LogP contribution in [0.4, 0.5) is 0 Å². The number of aliphatic carboxylic acids is 1. The number of thioether (sulfide) groups is 1. The first-order valence-corrected chi connectivity index (χ1v) is 4.57. The maximum atomic E-state index is 11.0. The fraction of sp³-hybridized carbons (Fsp3) is 0.333. The molecule has 1 amide bonds. The third kappa shape index (κ3) is 0.804. The third-order valence-electron chi connectivity index (χ3n) is 1.78. The first-order chi connectivity index (χ1) is 5.63. The van der Waals surface area contributed by atoms with E-state index in [1.807, 2.05) is 0 Å². The van der Waals surface area contributed by atoms with Crippen LogP contribution in [-0.2, 0) is 9.59 Å². The van der Waals surface area contributed by atoms with Crippen molar-refractivity contribution in [3.8, 4) is 0 Å². The van der Waals surface area contributed by atoms with Gasteiger partial charge in [0.15, 0.2) is 0 Å². The molecule has 4 nitrogen and oxygen atoms in total. The molecule has 0 aromatic rings. The Kier molecular flexibility index (Phi) is 1.59. The van der Waals surface area contributed by atoms with E-state index in [9.17, 15) is 9.59 Å². The molecular weight excluding hydrogens is 202 g/mol. The van der Waals surface area contributed by atoms with E-state index in [0.29, 0.717) is 0 Å². The van der Waals surface area contributed by atoms with Crippen LogP contribution in [0.5, 0.6) is 0 Å². The molecule has 0 aromatic heterocycles. The second-order valence-electron chi connectivity index (χ2n) is 2.44. The Morgan fingerprint density at radius 2 is 2.42 bits per heavy atom. The Morgan fingerprint density at radius 1 is 1.75 bits per heavy atom. The van der Waals surface area contributed by atoms with E-state index in [1.54, 1.807) is 0 Å². The number of amides is 1.